The van der Waals surface area contributed by atoms with Gasteiger partial charge in [0.25, 0.3) is 5.91 Å². The summed E-state index contributed by atoms with van der Waals surface area (Å²) in [7, 11) is 1.62. The number of hydrogen-bond acceptors (Lipinski definition) is 7. The third-order valence-corrected chi connectivity index (χ3v) is 5.74. The first-order valence-corrected chi connectivity index (χ1v) is 11.5. The van der Waals surface area contributed by atoms with Crippen molar-refractivity contribution in [3.05, 3.63) is 47.7 Å². The van der Waals surface area contributed by atoms with Gasteiger partial charge in [0.1, 0.15) is 19.3 Å². The van der Waals surface area contributed by atoms with Crippen molar-refractivity contribution in [2.75, 3.05) is 46.6 Å². The second-order valence-electron chi connectivity index (χ2n) is 8.86. The number of rotatable bonds is 8. The van der Waals surface area contributed by atoms with Gasteiger partial charge in [-0.1, -0.05) is 26.0 Å². The van der Waals surface area contributed by atoms with E-state index in [2.05, 4.69) is 23.7 Å². The Morgan fingerprint density at radius 2 is 2.03 bits per heavy atom. The van der Waals surface area contributed by atoms with Gasteiger partial charge in [-0.2, -0.15) is 0 Å². The standard InChI is InChI=1S/C25H33N3O5/c1-18(2)14-28(15-19-6-7-21-22(13-19)33-12-11-32-21)25(29)23-17-27(9-10-31-23)16-20-5-4-8-26-24(20)30-3/h4-8,13,18,23H,9-12,14-17H2,1-3H3. The van der Waals surface area contributed by atoms with E-state index in [4.69, 9.17) is 18.9 Å². The molecule has 1 fully saturated rings. The van der Waals surface area contributed by atoms with Gasteiger partial charge in [0.05, 0.1) is 13.7 Å². The Balaban J connectivity index is 1.44. The average molecular weight is 456 g/mol. The van der Waals surface area contributed by atoms with Crippen LogP contribution >= 0.6 is 0 Å². The van der Waals surface area contributed by atoms with Crippen molar-refractivity contribution in [3.8, 4) is 17.4 Å². The molecule has 4 rings (SSSR count). The minimum Gasteiger partial charge on any atom is -0.486 e. The topological polar surface area (TPSA) is 73.4 Å². The predicted molar refractivity (Wildman–Crippen MR) is 123 cm³/mol. The van der Waals surface area contributed by atoms with Crippen molar-refractivity contribution in [2.24, 2.45) is 5.92 Å². The molecule has 0 aliphatic carbocycles. The maximum absolute atomic E-state index is 13.5. The minimum absolute atomic E-state index is 0.0152. The number of hydrogen-bond donors (Lipinski definition) is 0. The largest absolute Gasteiger partial charge is 0.486 e. The molecule has 0 radical (unpaired) electrons. The van der Waals surface area contributed by atoms with E-state index in [0.717, 1.165) is 29.2 Å². The number of nitrogens with zero attached hydrogens (tertiary/aromatic N) is 3. The number of morpholine rings is 1. The molecule has 0 spiro atoms. The molecule has 1 aromatic carbocycles. The van der Waals surface area contributed by atoms with Gasteiger partial charge in [0.15, 0.2) is 11.5 Å². The molecule has 0 saturated carbocycles. The number of carbonyl (C=O) groups excluding carboxylic acids is 1. The number of ether oxygens (including phenoxy) is 4. The normalized spacial score (nSPS) is 18.2. The Bertz CT molecular complexity index is 951. The van der Waals surface area contributed by atoms with Crippen molar-refractivity contribution >= 4 is 5.91 Å². The van der Waals surface area contributed by atoms with Gasteiger partial charge in [-0.05, 0) is 29.7 Å². The van der Waals surface area contributed by atoms with E-state index in [1.54, 1.807) is 13.3 Å². The van der Waals surface area contributed by atoms with Gasteiger partial charge >= 0.3 is 0 Å². The minimum atomic E-state index is -0.502. The van der Waals surface area contributed by atoms with E-state index in [1.807, 2.05) is 35.2 Å². The molecule has 2 aliphatic rings. The summed E-state index contributed by atoms with van der Waals surface area (Å²) in [6.45, 7) is 8.96. The maximum Gasteiger partial charge on any atom is 0.253 e. The molecule has 178 valence electrons. The molecule has 33 heavy (non-hydrogen) atoms. The molecular formula is C25H33N3O5. The molecule has 0 N–H and O–H groups in total. The molecule has 1 aromatic heterocycles. The van der Waals surface area contributed by atoms with Crippen molar-refractivity contribution in [3.63, 3.8) is 0 Å². The van der Waals surface area contributed by atoms with Crippen molar-refractivity contribution in [1.82, 2.24) is 14.8 Å². The van der Waals surface area contributed by atoms with E-state index in [-0.39, 0.29) is 5.91 Å². The van der Waals surface area contributed by atoms with Crippen LogP contribution in [-0.2, 0) is 22.6 Å². The first-order chi connectivity index (χ1) is 16.0. The summed E-state index contributed by atoms with van der Waals surface area (Å²) in [5.41, 5.74) is 2.02. The van der Waals surface area contributed by atoms with Crippen LogP contribution in [0, 0.1) is 5.92 Å². The predicted octanol–water partition coefficient (Wildman–Crippen LogP) is 2.75. The van der Waals surface area contributed by atoms with E-state index >= 15 is 0 Å². The SMILES string of the molecule is COc1ncccc1CN1CCOC(C(=O)N(Cc2ccc3c(c2)OCCO3)CC(C)C)C1. The van der Waals surface area contributed by atoms with Crippen LogP contribution in [0.5, 0.6) is 17.4 Å². The molecule has 1 unspecified atom stereocenters. The van der Waals surface area contributed by atoms with Crippen LogP contribution < -0.4 is 14.2 Å². The summed E-state index contributed by atoms with van der Waals surface area (Å²) in [5.74, 6) is 2.46. The Kier molecular flexibility index (Phi) is 7.67. The van der Waals surface area contributed by atoms with Crippen LogP contribution in [0.2, 0.25) is 0 Å². The van der Waals surface area contributed by atoms with E-state index < -0.39 is 6.10 Å². The number of amides is 1. The highest BCUT2D eigenvalue weighted by Gasteiger charge is 2.31. The van der Waals surface area contributed by atoms with E-state index in [0.29, 0.717) is 57.8 Å². The molecule has 3 heterocycles. The highest BCUT2D eigenvalue weighted by atomic mass is 16.6. The van der Waals surface area contributed by atoms with Crippen LogP contribution in [0.25, 0.3) is 0 Å². The van der Waals surface area contributed by atoms with E-state index in [9.17, 15) is 4.79 Å². The molecule has 8 nitrogen and oxygen atoms in total. The Labute approximate surface area is 195 Å². The van der Waals surface area contributed by atoms with Gasteiger partial charge in [-0.3, -0.25) is 9.69 Å². The van der Waals surface area contributed by atoms with Crippen LogP contribution in [0.3, 0.4) is 0 Å². The Morgan fingerprint density at radius 1 is 1.21 bits per heavy atom. The zero-order valence-electron chi connectivity index (χ0n) is 19.7. The van der Waals surface area contributed by atoms with Gasteiger partial charge in [-0.25, -0.2) is 4.98 Å². The van der Waals surface area contributed by atoms with Gasteiger partial charge < -0.3 is 23.8 Å². The lowest BCUT2D eigenvalue weighted by Gasteiger charge is -2.35. The number of carbonyl (C=O) groups is 1. The maximum atomic E-state index is 13.5. The van der Waals surface area contributed by atoms with Gasteiger partial charge in [0.2, 0.25) is 5.88 Å². The average Bonchev–Trinajstić information content (AvgIpc) is 2.83. The van der Waals surface area contributed by atoms with Crippen LogP contribution in [0.4, 0.5) is 0 Å². The van der Waals surface area contributed by atoms with Crippen molar-refractivity contribution in [2.45, 2.75) is 33.0 Å². The first kappa shape index (κ1) is 23.3. The smallest absolute Gasteiger partial charge is 0.253 e. The fourth-order valence-electron chi connectivity index (χ4n) is 4.25. The number of fused-ring (bicyclic) bond motifs is 1. The fourth-order valence-corrected chi connectivity index (χ4v) is 4.25. The summed E-state index contributed by atoms with van der Waals surface area (Å²) in [4.78, 5) is 21.9. The highest BCUT2D eigenvalue weighted by Crippen LogP contribution is 2.31. The molecule has 8 heteroatoms. The molecule has 1 saturated heterocycles. The van der Waals surface area contributed by atoms with Gasteiger partial charge in [-0.15, -0.1) is 0 Å². The lowest BCUT2D eigenvalue weighted by atomic mass is 10.1. The van der Waals surface area contributed by atoms with Crippen molar-refractivity contribution < 1.29 is 23.7 Å². The third-order valence-electron chi connectivity index (χ3n) is 5.74. The second kappa shape index (κ2) is 10.9. The fraction of sp³-hybridized carbons (Fsp3) is 0.520. The van der Waals surface area contributed by atoms with Gasteiger partial charge in [0, 0.05) is 44.5 Å². The first-order valence-electron chi connectivity index (χ1n) is 11.5. The number of pyridine rings is 1. The van der Waals surface area contributed by atoms with Crippen molar-refractivity contribution in [1.29, 1.82) is 0 Å². The van der Waals surface area contributed by atoms with Crippen LogP contribution in [0.15, 0.2) is 36.5 Å². The monoisotopic (exact) mass is 455 g/mol. The molecule has 1 amide bonds. The third kappa shape index (κ3) is 5.94. The zero-order chi connectivity index (χ0) is 23.2. The molecular weight excluding hydrogens is 422 g/mol. The summed E-state index contributed by atoms with van der Waals surface area (Å²) >= 11 is 0. The highest BCUT2D eigenvalue weighted by molar-refractivity contribution is 5.81. The molecule has 1 atom stereocenters. The lowest BCUT2D eigenvalue weighted by Crippen LogP contribution is -2.51. The molecule has 0 bridgehead atoms. The van der Waals surface area contributed by atoms with Crippen LogP contribution in [0.1, 0.15) is 25.0 Å². The zero-order valence-corrected chi connectivity index (χ0v) is 19.7. The molecule has 2 aliphatic heterocycles. The number of benzene rings is 1. The Morgan fingerprint density at radius 3 is 2.82 bits per heavy atom. The second-order valence-corrected chi connectivity index (χ2v) is 8.86. The summed E-state index contributed by atoms with van der Waals surface area (Å²) in [6, 6.07) is 9.79. The quantitative estimate of drug-likeness (QED) is 0.606. The summed E-state index contributed by atoms with van der Waals surface area (Å²) < 4.78 is 22.7. The number of aromatic nitrogens is 1. The summed E-state index contributed by atoms with van der Waals surface area (Å²) in [6.07, 6.45) is 1.22. The molecule has 2 aromatic rings. The number of methoxy groups -OCH3 is 1. The Hall–Kier alpha value is -2.84. The lowest BCUT2D eigenvalue weighted by molar-refractivity contribution is -0.151. The summed E-state index contributed by atoms with van der Waals surface area (Å²) in [5, 5.41) is 0. The van der Waals surface area contributed by atoms with E-state index in [1.165, 1.54) is 0 Å². The van der Waals surface area contributed by atoms with Crippen LogP contribution in [-0.4, -0.2) is 73.4 Å².